The lowest BCUT2D eigenvalue weighted by molar-refractivity contribution is -0.143. The first-order valence-corrected chi connectivity index (χ1v) is 49.7. The van der Waals surface area contributed by atoms with E-state index in [0.717, 1.165) is 142 Å². The number of likely N-dealkylation sites (tertiary alicyclic amines) is 3. The molecule has 2 atom stereocenters. The molecule has 4 fully saturated rings. The van der Waals surface area contributed by atoms with E-state index in [-0.39, 0.29) is 68.4 Å². The van der Waals surface area contributed by atoms with Gasteiger partial charge < -0.3 is 69.5 Å². The number of aliphatic hydroxyl groups is 4. The van der Waals surface area contributed by atoms with Crippen molar-refractivity contribution in [1.29, 1.82) is 0 Å². The Balaban J connectivity index is 0.000000134. The van der Waals surface area contributed by atoms with Gasteiger partial charge >= 0.3 is 0 Å². The molecule has 0 aliphatic carbocycles. The summed E-state index contributed by atoms with van der Waals surface area (Å²) in [5, 5.41) is 54.8. The number of carbonyl (C=O) groups excluding carboxylic acids is 3. The Bertz CT molecular complexity index is 6950. The summed E-state index contributed by atoms with van der Waals surface area (Å²) in [5.41, 5.74) is 57.4. The van der Waals surface area contributed by atoms with Crippen molar-refractivity contribution in [3.63, 3.8) is 0 Å². The number of sulfonamides is 1. The van der Waals surface area contributed by atoms with Crippen LogP contribution in [0.25, 0.3) is 112 Å². The Morgan fingerprint density at radius 3 is 0.964 bits per heavy atom. The van der Waals surface area contributed by atoms with Gasteiger partial charge in [0.25, 0.3) is 5.91 Å². The van der Waals surface area contributed by atoms with E-state index in [0.29, 0.717) is 137 Å². The number of aliphatic hydroxyl groups excluding tert-OH is 4. The first kappa shape index (κ1) is 99.1. The molecule has 2 unspecified atom stereocenters. The lowest BCUT2D eigenvalue weighted by atomic mass is 9.92. The average molecular weight is 2150 g/mol. The van der Waals surface area contributed by atoms with E-state index < -0.39 is 34.7 Å². The van der Waals surface area contributed by atoms with Gasteiger partial charge in [0.05, 0.1) is 120 Å². The molecule has 139 heavy (non-hydrogen) atoms. The molecule has 16 N–H and O–H groups in total. The van der Waals surface area contributed by atoms with Crippen molar-refractivity contribution in [3.05, 3.63) is 254 Å². The number of pyridine rings is 5. The Kier molecular flexibility index (Phi) is 31.4. The zero-order valence-corrected chi connectivity index (χ0v) is 81.8. The fourth-order valence-corrected chi connectivity index (χ4v) is 21.3. The molecule has 0 spiro atoms. The number of halogens is 4. The molecule has 3 amide bonds. The van der Waals surface area contributed by atoms with E-state index >= 15 is 0 Å². The van der Waals surface area contributed by atoms with Gasteiger partial charge in [-0.2, -0.15) is 38.5 Å². The monoisotopic (exact) mass is 2150 g/mol. The molecule has 20 rings (SSSR count). The van der Waals surface area contributed by atoms with Gasteiger partial charge in [0.1, 0.15) is 29.3 Å². The van der Waals surface area contributed by atoms with Crippen molar-refractivity contribution in [2.75, 3.05) is 107 Å². The predicted molar refractivity (Wildman–Crippen MR) is 547 cm³/mol. The molecular weight excluding hydrogens is 2050 g/mol. The van der Waals surface area contributed by atoms with Gasteiger partial charge in [0, 0.05) is 180 Å². The van der Waals surface area contributed by atoms with Crippen molar-refractivity contribution >= 4 is 137 Å². The Morgan fingerprint density at radius 1 is 0.381 bits per heavy atom. The second-order valence-electron chi connectivity index (χ2n) is 33.8. The maximum atomic E-state index is 12.3. The van der Waals surface area contributed by atoms with Crippen LogP contribution in [0, 0.1) is 0 Å². The van der Waals surface area contributed by atoms with Gasteiger partial charge in [-0.05, 0) is 151 Å². The zero-order chi connectivity index (χ0) is 96.6. The van der Waals surface area contributed by atoms with Crippen LogP contribution in [0.2, 0.25) is 0 Å². The highest BCUT2D eigenvalue weighted by molar-refractivity contribution is 9.11. The molecule has 3 aromatic carbocycles. The van der Waals surface area contributed by atoms with Crippen LogP contribution in [0.15, 0.2) is 232 Å². The predicted octanol–water partition coefficient (Wildman–Crippen LogP) is 12.5. The summed E-state index contributed by atoms with van der Waals surface area (Å²) in [6.07, 6.45) is 22.0. The molecule has 17 heterocycles. The second kappa shape index (κ2) is 44.1. The van der Waals surface area contributed by atoms with E-state index in [1.807, 2.05) is 175 Å². The van der Waals surface area contributed by atoms with Gasteiger partial charge in [0.15, 0.2) is 28.7 Å². The maximum absolute atomic E-state index is 12.3. The number of amides is 3. The number of rotatable bonds is 20. The summed E-state index contributed by atoms with van der Waals surface area (Å²) in [7, 11) is -3.44. The van der Waals surface area contributed by atoms with Crippen LogP contribution in [0.4, 0.5) is 23.3 Å². The Hall–Kier alpha value is -12.9. The van der Waals surface area contributed by atoms with Crippen LogP contribution in [-0.4, -0.2) is 246 Å². The minimum absolute atomic E-state index is 0. The van der Waals surface area contributed by atoms with E-state index in [1.165, 1.54) is 4.31 Å². The summed E-state index contributed by atoms with van der Waals surface area (Å²) in [6, 6.07) is 48.9. The van der Waals surface area contributed by atoms with Gasteiger partial charge in [-0.15, -0.1) is 0 Å². The topological polar surface area (TPSA) is 521 Å². The number of benzene rings is 3. The second-order valence-corrected chi connectivity index (χ2v) is 39.0. The van der Waals surface area contributed by atoms with Gasteiger partial charge in [0.2, 0.25) is 21.8 Å². The quantitative estimate of drug-likeness (QED) is 0.0339. The fourth-order valence-electron chi connectivity index (χ4n) is 17.7. The highest BCUT2D eigenvalue weighted by atomic mass is 79.9. The molecular formula is C98H103Br4N27O9S. The summed E-state index contributed by atoms with van der Waals surface area (Å²) >= 11 is 14.4. The molecule has 4 aliphatic rings. The Morgan fingerprint density at radius 2 is 0.683 bits per heavy atom. The molecule has 0 radical (unpaired) electrons. The molecule has 4 saturated heterocycles. The van der Waals surface area contributed by atoms with Crippen LogP contribution < -0.4 is 34.4 Å². The molecule has 0 saturated carbocycles. The maximum Gasteiger partial charge on any atom is 0.253 e. The van der Waals surface area contributed by atoms with E-state index in [9.17, 15) is 33.0 Å². The SMILES string of the molecule is C.NCC(=O)N1CCC(c2nc3c(-c4ccc(-c5ccccc5)nc4)cnn3c(N)c2Br)CC1.Nc1c(Br)c(C2CCN(C(=O)C(N)CO)CC2)nc2c(-c3ccc(-c4ccccc4)nc3)cnn12.Nc1c(Br)c(C2CCN(C(=O)C(O)CO)CC2)nc2c(-c3ccc(-c4cccnc4)nc3)cnn12.Nc1c(Br)c(C2CCN(S(=O)(=O)CCO)CC2)nc2c(-c3ccc(-c4ccccc4)nc3)cnn12. The smallest absolute Gasteiger partial charge is 0.253 e. The van der Waals surface area contributed by atoms with Crippen LogP contribution in [-0.2, 0) is 24.4 Å². The van der Waals surface area contributed by atoms with Crippen LogP contribution >= 0.6 is 63.7 Å². The lowest BCUT2D eigenvalue weighted by Crippen LogP contribution is -2.48. The Labute approximate surface area is 834 Å². The molecule has 4 aliphatic heterocycles. The third-order valence-corrected chi connectivity index (χ3v) is 30.5. The highest BCUT2D eigenvalue weighted by Crippen LogP contribution is 2.44. The number of nitrogens with zero attached hydrogens (tertiary/aromatic N) is 21. The van der Waals surface area contributed by atoms with Crippen molar-refractivity contribution in [3.8, 4) is 89.5 Å². The minimum Gasteiger partial charge on any atom is -0.395 e. The number of fused-ring (bicyclic) bond motifs is 4. The summed E-state index contributed by atoms with van der Waals surface area (Å²) in [6.45, 7) is 2.83. The van der Waals surface area contributed by atoms with Gasteiger partial charge in [-0.1, -0.05) is 123 Å². The largest absolute Gasteiger partial charge is 0.395 e. The van der Waals surface area contributed by atoms with Crippen LogP contribution in [0.1, 0.15) is 105 Å². The molecule has 718 valence electrons. The lowest BCUT2D eigenvalue weighted by Gasteiger charge is -2.33. The molecule has 36 nitrogen and oxygen atoms in total. The fraction of sp³-hybridized carbons (Fsp3) is 0.286. The average Bonchev–Trinajstić information content (AvgIpc) is 1.65. The van der Waals surface area contributed by atoms with Crippen molar-refractivity contribution in [2.24, 2.45) is 11.5 Å². The minimum atomic E-state index is -3.44. The number of nitrogen functional groups attached to an aromatic ring is 4. The van der Waals surface area contributed by atoms with E-state index in [1.54, 1.807) is 71.2 Å². The highest BCUT2D eigenvalue weighted by Gasteiger charge is 2.36. The summed E-state index contributed by atoms with van der Waals surface area (Å²) in [4.78, 5) is 84.0. The van der Waals surface area contributed by atoms with Crippen LogP contribution in [0.3, 0.4) is 0 Å². The summed E-state index contributed by atoms with van der Waals surface area (Å²) < 4.78 is 35.4. The molecule has 16 aromatic rings. The van der Waals surface area contributed by atoms with Crippen molar-refractivity contribution < 1.29 is 43.2 Å². The van der Waals surface area contributed by atoms with E-state index in [2.05, 4.69) is 109 Å². The number of piperidine rings is 4. The molecule has 13 aromatic heterocycles. The third kappa shape index (κ3) is 21.2. The number of hydrogen-bond donors (Lipinski definition) is 10. The first-order valence-electron chi connectivity index (χ1n) is 44.9. The summed E-state index contributed by atoms with van der Waals surface area (Å²) in [5.74, 6) is 1.36. The van der Waals surface area contributed by atoms with E-state index in [4.69, 9.17) is 64.6 Å². The number of nitrogens with two attached hydrogens (primary N) is 6. The van der Waals surface area contributed by atoms with Gasteiger partial charge in [-0.25, -0.2) is 32.7 Å². The molecule has 0 bridgehead atoms. The number of hydrogen-bond acceptors (Lipinski definition) is 28. The zero-order valence-electron chi connectivity index (χ0n) is 74.6. The van der Waals surface area contributed by atoms with Crippen molar-refractivity contribution in [1.82, 2.24) is 102 Å². The van der Waals surface area contributed by atoms with Gasteiger partial charge in [-0.3, -0.25) is 39.3 Å². The molecule has 41 heteroatoms. The standard InChI is InChI=1S/C25H26BrN7O2.C24H24BrN7O3.C24H24BrN7O.C24H25BrN6O3S.CH4/c26-21-22(16-8-10-32(11-9-16)25(35)19(27)14-34)31-24-18(13-30-33(24)23(21)28)17-6-7-20(29-12-17)15-4-2-1-3-5-15;25-20-21(14-5-8-31(9-6-14)24(35)19(34)13-33)30-23-17(12-29-32(23)22(20)26)15-3-4-18(28-11-15)16-2-1-7-27-10-16;25-21-22(16-8-10-31(11-9-16)20(33)12-26)30-24-18(14-29-32(24)23(21)27)17-6-7-19(28-13-17)15-4-2-1-3-5-15;25-21-22(17-8-10-30(11-9-17)35(33,34)13-12-32)29-24-19(15-28-31(24)23(21)26)18-6-7-20(27-14-18)16-4-2-1-3-5-16;/h1-7,12-13,16,19,34H,8-11,14,27-28H2;1-4,7,10-12,14,19,33-34H,5-6,8-9,13,26H2;1-7,13-14,16H,8-12,26-27H2;1-7,14-15,17,32H,8-13,26H2;1H4. The van der Waals surface area contributed by atoms with Crippen molar-refractivity contribution in [2.45, 2.75) is 94.6 Å². The number of aromatic nitrogens is 17. The van der Waals surface area contributed by atoms with Crippen LogP contribution in [0.5, 0.6) is 0 Å². The first-order chi connectivity index (χ1) is 66.9. The normalized spacial score (nSPS) is 15.2. The number of anilines is 4. The third-order valence-electron chi connectivity index (χ3n) is 25.4. The number of carbonyl (C=O) groups is 3.